The maximum Gasteiger partial charge on any atom is 0.134 e. The minimum atomic E-state index is 0.618. The van der Waals surface area contributed by atoms with Crippen molar-refractivity contribution in [3.8, 4) is 0 Å². The van der Waals surface area contributed by atoms with Crippen molar-refractivity contribution in [2.75, 3.05) is 44.1 Å². The molecule has 0 spiro atoms. The molecule has 0 radical (unpaired) electrons. The van der Waals surface area contributed by atoms with Gasteiger partial charge in [0.15, 0.2) is 0 Å². The van der Waals surface area contributed by atoms with Gasteiger partial charge in [0, 0.05) is 45.7 Å². The highest BCUT2D eigenvalue weighted by molar-refractivity contribution is 5.49. The Kier molecular flexibility index (Phi) is 4.96. The van der Waals surface area contributed by atoms with E-state index in [9.17, 15) is 0 Å². The van der Waals surface area contributed by atoms with Crippen LogP contribution in [-0.4, -0.2) is 43.8 Å². The molecule has 1 N–H and O–H groups in total. The number of methoxy groups -OCH3 is 1. The third-order valence-corrected chi connectivity index (χ3v) is 3.50. The maximum absolute atomic E-state index is 5.25. The van der Waals surface area contributed by atoms with E-state index in [4.69, 9.17) is 4.74 Å². The van der Waals surface area contributed by atoms with Gasteiger partial charge >= 0.3 is 0 Å². The highest BCUT2D eigenvalue weighted by atomic mass is 16.5. The fraction of sp³-hybridized carbons (Fsp3) is 0.714. The van der Waals surface area contributed by atoms with Gasteiger partial charge in [-0.05, 0) is 12.8 Å². The van der Waals surface area contributed by atoms with Crippen molar-refractivity contribution in [1.29, 1.82) is 0 Å². The molecule has 1 saturated heterocycles. The lowest BCUT2D eigenvalue weighted by Gasteiger charge is -2.19. The summed E-state index contributed by atoms with van der Waals surface area (Å²) in [4.78, 5) is 11.5. The van der Waals surface area contributed by atoms with Crippen LogP contribution >= 0.6 is 0 Å². The molecule has 19 heavy (non-hydrogen) atoms. The molecule has 1 fully saturated rings. The van der Waals surface area contributed by atoms with Crippen molar-refractivity contribution < 1.29 is 4.74 Å². The normalized spacial score (nSPS) is 18.9. The van der Waals surface area contributed by atoms with Gasteiger partial charge in [-0.1, -0.05) is 6.92 Å². The zero-order chi connectivity index (χ0) is 13.7. The summed E-state index contributed by atoms with van der Waals surface area (Å²) in [6, 6.07) is 2.04. The van der Waals surface area contributed by atoms with Crippen molar-refractivity contribution in [1.82, 2.24) is 9.97 Å². The van der Waals surface area contributed by atoms with Gasteiger partial charge in [0.1, 0.15) is 17.5 Å². The van der Waals surface area contributed by atoms with Gasteiger partial charge in [0.2, 0.25) is 0 Å². The van der Waals surface area contributed by atoms with Gasteiger partial charge < -0.3 is 15.0 Å². The Morgan fingerprint density at radius 2 is 2.32 bits per heavy atom. The molecule has 5 heteroatoms. The van der Waals surface area contributed by atoms with E-state index in [2.05, 4.69) is 27.1 Å². The van der Waals surface area contributed by atoms with Gasteiger partial charge in [0.25, 0.3) is 0 Å². The number of nitrogens with one attached hydrogen (secondary N) is 1. The van der Waals surface area contributed by atoms with Gasteiger partial charge in [-0.15, -0.1) is 0 Å². The van der Waals surface area contributed by atoms with Crippen LogP contribution in [0.15, 0.2) is 6.07 Å². The van der Waals surface area contributed by atoms with Crippen molar-refractivity contribution in [3.05, 3.63) is 11.9 Å². The fourth-order valence-corrected chi connectivity index (χ4v) is 2.52. The van der Waals surface area contributed by atoms with Gasteiger partial charge in [-0.25, -0.2) is 9.97 Å². The lowest BCUT2D eigenvalue weighted by atomic mass is 10.1. The number of aromatic nitrogens is 2. The number of nitrogens with zero attached hydrogens (tertiary/aromatic N) is 3. The Balaban J connectivity index is 2.12. The monoisotopic (exact) mass is 264 g/mol. The molecule has 1 aliphatic rings. The molecule has 0 bridgehead atoms. The Hall–Kier alpha value is -1.36. The molecule has 2 heterocycles. The SMILES string of the molecule is CCCc1nc(NC)cc(N2CCC(COC)C2)n1. The van der Waals surface area contributed by atoms with E-state index in [0.717, 1.165) is 50.0 Å². The van der Waals surface area contributed by atoms with Crippen LogP contribution in [0.3, 0.4) is 0 Å². The van der Waals surface area contributed by atoms with Gasteiger partial charge in [-0.2, -0.15) is 0 Å². The van der Waals surface area contributed by atoms with Crippen LogP contribution in [0.2, 0.25) is 0 Å². The van der Waals surface area contributed by atoms with E-state index in [1.54, 1.807) is 7.11 Å². The summed E-state index contributed by atoms with van der Waals surface area (Å²) in [7, 11) is 3.67. The molecule has 1 aliphatic heterocycles. The summed E-state index contributed by atoms with van der Waals surface area (Å²) >= 11 is 0. The van der Waals surface area contributed by atoms with E-state index >= 15 is 0 Å². The molecule has 0 aliphatic carbocycles. The Morgan fingerprint density at radius 3 is 3.00 bits per heavy atom. The first-order valence-electron chi connectivity index (χ1n) is 7.06. The Bertz CT molecular complexity index is 410. The molecule has 0 amide bonds. The second-order valence-electron chi connectivity index (χ2n) is 5.08. The van der Waals surface area contributed by atoms with Crippen LogP contribution in [0.5, 0.6) is 0 Å². The van der Waals surface area contributed by atoms with Crippen LogP contribution in [-0.2, 0) is 11.2 Å². The van der Waals surface area contributed by atoms with Crippen molar-refractivity contribution in [2.45, 2.75) is 26.2 Å². The molecule has 5 nitrogen and oxygen atoms in total. The number of hydrogen-bond acceptors (Lipinski definition) is 5. The van der Waals surface area contributed by atoms with Crippen LogP contribution in [0.1, 0.15) is 25.6 Å². The number of ether oxygens (including phenoxy) is 1. The fourth-order valence-electron chi connectivity index (χ4n) is 2.52. The van der Waals surface area contributed by atoms with Crippen LogP contribution in [0, 0.1) is 5.92 Å². The molecule has 0 aromatic carbocycles. The van der Waals surface area contributed by atoms with Crippen LogP contribution < -0.4 is 10.2 Å². The van der Waals surface area contributed by atoms with Gasteiger partial charge in [0.05, 0.1) is 6.61 Å². The molecule has 106 valence electrons. The quantitative estimate of drug-likeness (QED) is 0.851. The third kappa shape index (κ3) is 3.56. The molecule has 1 aromatic rings. The topological polar surface area (TPSA) is 50.3 Å². The second-order valence-corrected chi connectivity index (χ2v) is 5.08. The largest absolute Gasteiger partial charge is 0.384 e. The summed E-state index contributed by atoms with van der Waals surface area (Å²) in [5.41, 5.74) is 0. The summed E-state index contributed by atoms with van der Waals surface area (Å²) in [5, 5.41) is 3.12. The van der Waals surface area contributed by atoms with E-state index in [0.29, 0.717) is 5.92 Å². The first kappa shape index (κ1) is 14.1. The lowest BCUT2D eigenvalue weighted by molar-refractivity contribution is 0.161. The molecule has 2 rings (SSSR count). The number of anilines is 2. The number of rotatable bonds is 6. The van der Waals surface area contributed by atoms with Gasteiger partial charge in [-0.3, -0.25) is 0 Å². The average Bonchev–Trinajstić information content (AvgIpc) is 2.88. The van der Waals surface area contributed by atoms with Crippen LogP contribution in [0.25, 0.3) is 0 Å². The Morgan fingerprint density at radius 1 is 1.47 bits per heavy atom. The zero-order valence-electron chi connectivity index (χ0n) is 12.1. The smallest absolute Gasteiger partial charge is 0.134 e. The second kappa shape index (κ2) is 6.70. The van der Waals surface area contributed by atoms with Crippen molar-refractivity contribution in [3.63, 3.8) is 0 Å². The van der Waals surface area contributed by atoms with E-state index < -0.39 is 0 Å². The molecular weight excluding hydrogens is 240 g/mol. The minimum Gasteiger partial charge on any atom is -0.384 e. The maximum atomic E-state index is 5.25. The number of hydrogen-bond donors (Lipinski definition) is 1. The van der Waals surface area contributed by atoms with Crippen LogP contribution in [0.4, 0.5) is 11.6 Å². The van der Waals surface area contributed by atoms with Crippen molar-refractivity contribution in [2.24, 2.45) is 5.92 Å². The van der Waals surface area contributed by atoms with Crippen molar-refractivity contribution >= 4 is 11.6 Å². The highest BCUT2D eigenvalue weighted by Gasteiger charge is 2.24. The third-order valence-electron chi connectivity index (χ3n) is 3.50. The summed E-state index contributed by atoms with van der Waals surface area (Å²) < 4.78 is 5.25. The summed E-state index contributed by atoms with van der Waals surface area (Å²) in [6.45, 7) is 5.07. The zero-order valence-corrected chi connectivity index (χ0v) is 12.1. The average molecular weight is 264 g/mol. The predicted octanol–water partition coefficient (Wildman–Crippen LogP) is 1.94. The standard InChI is InChI=1S/C14H24N4O/c1-4-5-12-16-13(15-2)8-14(17-12)18-7-6-11(9-18)10-19-3/h8,11H,4-7,9-10H2,1-3H3,(H,15,16,17). The van der Waals surface area contributed by atoms with E-state index in [1.165, 1.54) is 6.42 Å². The lowest BCUT2D eigenvalue weighted by Crippen LogP contribution is -2.23. The predicted molar refractivity (Wildman–Crippen MR) is 77.8 cm³/mol. The molecular formula is C14H24N4O. The minimum absolute atomic E-state index is 0.618. The summed E-state index contributed by atoms with van der Waals surface area (Å²) in [5.74, 6) is 3.50. The first-order valence-corrected chi connectivity index (χ1v) is 7.06. The first-order chi connectivity index (χ1) is 9.26. The Labute approximate surface area is 115 Å². The molecule has 1 unspecified atom stereocenters. The van der Waals surface area contributed by atoms with E-state index in [1.807, 2.05) is 13.1 Å². The molecule has 1 aromatic heterocycles. The highest BCUT2D eigenvalue weighted by Crippen LogP contribution is 2.24. The molecule has 0 saturated carbocycles. The summed E-state index contributed by atoms with van der Waals surface area (Å²) in [6.07, 6.45) is 3.17. The number of aryl methyl sites for hydroxylation is 1. The molecule has 1 atom stereocenters. The van der Waals surface area contributed by atoms with E-state index in [-0.39, 0.29) is 0 Å².